The summed E-state index contributed by atoms with van der Waals surface area (Å²) >= 11 is 1.75. The van der Waals surface area contributed by atoms with Crippen molar-refractivity contribution in [3.63, 3.8) is 0 Å². The lowest BCUT2D eigenvalue weighted by atomic mass is 9.89. The van der Waals surface area contributed by atoms with Crippen LogP contribution < -0.4 is 5.32 Å². The second kappa shape index (κ2) is 6.20. The fourth-order valence-electron chi connectivity index (χ4n) is 1.96. The molecule has 2 rings (SSSR count). The largest absolute Gasteiger partial charge is 0.391 e. The van der Waals surface area contributed by atoms with Gasteiger partial charge in [0.15, 0.2) is 0 Å². The number of hydrogen-bond donors (Lipinski definition) is 2. The van der Waals surface area contributed by atoms with Gasteiger partial charge in [-0.2, -0.15) is 0 Å². The highest BCUT2D eigenvalue weighted by Crippen LogP contribution is 2.22. The lowest BCUT2D eigenvalue weighted by Gasteiger charge is -2.27. The number of fused-ring (bicyclic) bond motifs is 1. The van der Waals surface area contributed by atoms with Crippen LogP contribution >= 0.6 is 11.3 Å². The van der Waals surface area contributed by atoms with Crippen molar-refractivity contribution in [2.24, 2.45) is 5.41 Å². The number of rotatable bonds is 5. The zero-order valence-corrected chi connectivity index (χ0v) is 13.5. The summed E-state index contributed by atoms with van der Waals surface area (Å²) < 4.78 is 1.24. The summed E-state index contributed by atoms with van der Waals surface area (Å²) in [5, 5.41) is 14.6. The van der Waals surface area contributed by atoms with Crippen LogP contribution in [0.1, 0.15) is 32.7 Å². The van der Waals surface area contributed by atoms with Crippen molar-refractivity contribution in [2.45, 2.75) is 46.3 Å². The van der Waals surface area contributed by atoms with Gasteiger partial charge in [-0.15, -0.1) is 11.3 Å². The highest BCUT2D eigenvalue weighted by atomic mass is 32.1. The van der Waals surface area contributed by atoms with Gasteiger partial charge >= 0.3 is 0 Å². The van der Waals surface area contributed by atoms with Crippen molar-refractivity contribution in [3.05, 3.63) is 29.3 Å². The Hall–Kier alpha value is -0.970. The van der Waals surface area contributed by atoms with Crippen LogP contribution in [0.4, 0.5) is 0 Å². The number of nitrogens with one attached hydrogen (secondary N) is 1. The second-order valence-electron chi connectivity index (χ2n) is 6.47. The Bertz CT molecular complexity index is 526. The third-order valence-corrected chi connectivity index (χ3v) is 4.54. The van der Waals surface area contributed by atoms with Crippen LogP contribution in [-0.2, 0) is 6.42 Å². The molecule has 2 N–H and O–H groups in total. The van der Waals surface area contributed by atoms with Gasteiger partial charge in [-0.25, -0.2) is 4.98 Å². The second-order valence-corrected chi connectivity index (χ2v) is 7.59. The van der Waals surface area contributed by atoms with E-state index in [-0.39, 0.29) is 11.5 Å². The normalized spacial score (nSPS) is 15.4. The Labute approximate surface area is 125 Å². The summed E-state index contributed by atoms with van der Waals surface area (Å²) in [5.74, 6) is 0. The average Bonchev–Trinajstić information content (AvgIpc) is 2.76. The molecule has 0 aliphatic rings. The van der Waals surface area contributed by atoms with E-state index in [4.69, 9.17) is 0 Å². The summed E-state index contributed by atoms with van der Waals surface area (Å²) in [6.07, 6.45) is 0.566. The van der Waals surface area contributed by atoms with Crippen LogP contribution in [0, 0.1) is 5.41 Å². The summed E-state index contributed by atoms with van der Waals surface area (Å²) in [7, 11) is 0. The SMILES string of the molecule is CC(Cc1nc2ccccc2s1)NCC(O)C(C)(C)C. The number of benzene rings is 1. The molecule has 20 heavy (non-hydrogen) atoms. The first-order chi connectivity index (χ1) is 9.36. The van der Waals surface area contributed by atoms with Gasteiger partial charge in [0.2, 0.25) is 0 Å². The summed E-state index contributed by atoms with van der Waals surface area (Å²) in [5.41, 5.74) is 0.997. The molecule has 3 nitrogen and oxygen atoms in total. The third-order valence-electron chi connectivity index (χ3n) is 3.48. The van der Waals surface area contributed by atoms with Crippen LogP contribution in [0.2, 0.25) is 0 Å². The quantitative estimate of drug-likeness (QED) is 0.889. The highest BCUT2D eigenvalue weighted by Gasteiger charge is 2.22. The Balaban J connectivity index is 1.89. The standard InChI is InChI=1S/C16H24N2OS/c1-11(17-10-14(19)16(2,3)4)9-15-18-12-7-5-6-8-13(12)20-15/h5-8,11,14,17,19H,9-10H2,1-4H3. The molecule has 1 aromatic carbocycles. The predicted octanol–water partition coefficient (Wildman–Crippen LogP) is 3.22. The number of para-hydroxylation sites is 1. The van der Waals surface area contributed by atoms with Gasteiger partial charge < -0.3 is 10.4 Å². The van der Waals surface area contributed by atoms with E-state index in [1.54, 1.807) is 11.3 Å². The van der Waals surface area contributed by atoms with E-state index in [9.17, 15) is 5.11 Å². The van der Waals surface area contributed by atoms with E-state index in [0.29, 0.717) is 12.6 Å². The summed E-state index contributed by atoms with van der Waals surface area (Å²) in [6, 6.07) is 8.54. The number of aromatic nitrogens is 1. The van der Waals surface area contributed by atoms with E-state index in [1.165, 1.54) is 4.70 Å². The minimum absolute atomic E-state index is 0.0808. The molecule has 0 bridgehead atoms. The maximum absolute atomic E-state index is 10.0. The number of aliphatic hydroxyl groups excluding tert-OH is 1. The van der Waals surface area contributed by atoms with E-state index in [1.807, 2.05) is 12.1 Å². The lowest BCUT2D eigenvalue weighted by molar-refractivity contribution is 0.0609. The van der Waals surface area contributed by atoms with Crippen molar-refractivity contribution in [1.82, 2.24) is 10.3 Å². The molecule has 2 aromatic rings. The smallest absolute Gasteiger partial charge is 0.0954 e. The molecule has 1 heterocycles. The van der Waals surface area contributed by atoms with E-state index in [0.717, 1.165) is 16.9 Å². The molecule has 0 spiro atoms. The molecule has 1 aromatic heterocycles. The van der Waals surface area contributed by atoms with Gasteiger partial charge in [0.25, 0.3) is 0 Å². The van der Waals surface area contributed by atoms with Gasteiger partial charge in [-0.05, 0) is 24.5 Å². The number of hydrogen-bond acceptors (Lipinski definition) is 4. The van der Waals surface area contributed by atoms with Crippen molar-refractivity contribution >= 4 is 21.6 Å². The molecule has 0 fully saturated rings. The number of thiazole rings is 1. The van der Waals surface area contributed by atoms with Gasteiger partial charge in [-0.1, -0.05) is 32.9 Å². The molecule has 0 radical (unpaired) electrons. The molecule has 0 saturated carbocycles. The zero-order chi connectivity index (χ0) is 14.8. The first-order valence-corrected chi connectivity index (χ1v) is 7.94. The molecule has 0 amide bonds. The van der Waals surface area contributed by atoms with Crippen LogP contribution in [0.15, 0.2) is 24.3 Å². The average molecular weight is 292 g/mol. The molecule has 0 aliphatic heterocycles. The zero-order valence-electron chi connectivity index (χ0n) is 12.7. The van der Waals surface area contributed by atoms with Crippen LogP contribution in [-0.4, -0.2) is 28.8 Å². The van der Waals surface area contributed by atoms with Gasteiger partial charge in [0, 0.05) is 19.0 Å². The molecule has 2 atom stereocenters. The molecule has 4 heteroatoms. The minimum atomic E-state index is -0.333. The van der Waals surface area contributed by atoms with E-state index >= 15 is 0 Å². The minimum Gasteiger partial charge on any atom is -0.391 e. The molecule has 0 saturated heterocycles. The van der Waals surface area contributed by atoms with Crippen molar-refractivity contribution in [3.8, 4) is 0 Å². The molecular formula is C16H24N2OS. The fraction of sp³-hybridized carbons (Fsp3) is 0.562. The number of nitrogens with zero attached hydrogens (tertiary/aromatic N) is 1. The highest BCUT2D eigenvalue weighted by molar-refractivity contribution is 7.18. The van der Waals surface area contributed by atoms with Gasteiger partial charge in [-0.3, -0.25) is 0 Å². The molecule has 2 unspecified atom stereocenters. The molecule has 0 aliphatic carbocycles. The summed E-state index contributed by atoms with van der Waals surface area (Å²) in [4.78, 5) is 4.64. The topological polar surface area (TPSA) is 45.2 Å². The Morgan fingerprint density at radius 1 is 1.30 bits per heavy atom. The monoisotopic (exact) mass is 292 g/mol. The van der Waals surface area contributed by atoms with E-state index < -0.39 is 0 Å². The Kier molecular flexibility index (Phi) is 4.78. The first-order valence-electron chi connectivity index (χ1n) is 7.12. The molecular weight excluding hydrogens is 268 g/mol. The van der Waals surface area contributed by atoms with Crippen molar-refractivity contribution in [1.29, 1.82) is 0 Å². The van der Waals surface area contributed by atoms with Crippen LogP contribution in [0.3, 0.4) is 0 Å². The molecule has 110 valence electrons. The van der Waals surface area contributed by atoms with Gasteiger partial charge in [0.05, 0.1) is 21.3 Å². The lowest BCUT2D eigenvalue weighted by Crippen LogP contribution is -2.40. The maximum Gasteiger partial charge on any atom is 0.0954 e. The fourth-order valence-corrected chi connectivity index (χ4v) is 3.06. The van der Waals surface area contributed by atoms with Crippen LogP contribution in [0.25, 0.3) is 10.2 Å². The third kappa shape index (κ3) is 4.01. The Morgan fingerprint density at radius 3 is 2.65 bits per heavy atom. The van der Waals surface area contributed by atoms with Gasteiger partial charge in [0.1, 0.15) is 0 Å². The van der Waals surface area contributed by atoms with Crippen LogP contribution in [0.5, 0.6) is 0 Å². The summed E-state index contributed by atoms with van der Waals surface area (Å²) in [6.45, 7) is 8.92. The Morgan fingerprint density at radius 2 is 2.00 bits per heavy atom. The predicted molar refractivity (Wildman–Crippen MR) is 86.3 cm³/mol. The number of aliphatic hydroxyl groups is 1. The van der Waals surface area contributed by atoms with Crippen molar-refractivity contribution < 1.29 is 5.11 Å². The maximum atomic E-state index is 10.0. The van der Waals surface area contributed by atoms with Crippen molar-refractivity contribution in [2.75, 3.05) is 6.54 Å². The van der Waals surface area contributed by atoms with E-state index in [2.05, 4.69) is 50.1 Å². The first kappa shape index (κ1) is 15.4.